The van der Waals surface area contributed by atoms with Crippen molar-refractivity contribution in [2.24, 2.45) is 0 Å². The molecule has 1 amide bonds. The summed E-state index contributed by atoms with van der Waals surface area (Å²) in [6.07, 6.45) is 0. The third-order valence-electron chi connectivity index (χ3n) is 4.52. The van der Waals surface area contributed by atoms with E-state index in [9.17, 15) is 9.59 Å². The molecule has 8 nitrogen and oxygen atoms in total. The van der Waals surface area contributed by atoms with Crippen LogP contribution in [0, 0.1) is 6.92 Å². The maximum absolute atomic E-state index is 12.8. The predicted molar refractivity (Wildman–Crippen MR) is 106 cm³/mol. The van der Waals surface area contributed by atoms with Crippen LogP contribution in [0.5, 0.6) is 0 Å². The molecule has 3 rings (SSSR count). The van der Waals surface area contributed by atoms with E-state index >= 15 is 0 Å². The second kappa shape index (κ2) is 8.79. The monoisotopic (exact) mass is 383 g/mol. The summed E-state index contributed by atoms with van der Waals surface area (Å²) in [5, 5.41) is 3.17. The molecule has 0 saturated carbocycles. The average molecular weight is 383 g/mol. The second-order valence-corrected chi connectivity index (χ2v) is 6.70. The fourth-order valence-corrected chi connectivity index (χ4v) is 2.96. The largest absolute Gasteiger partial charge is 0.462 e. The summed E-state index contributed by atoms with van der Waals surface area (Å²) in [6.45, 7) is 6.96. The fourth-order valence-electron chi connectivity index (χ4n) is 2.96. The standard InChI is InChI=1S/C20H25N5O3/c1-4-28-20(27)15-5-7-16(8-6-15)23-18-13-17(21-14(2)22-18)19(26)25-11-9-24(3)10-12-25/h5-8,13H,4,9-12H2,1-3H3,(H,21,22,23). The van der Waals surface area contributed by atoms with Crippen LogP contribution in [0.25, 0.3) is 0 Å². The van der Waals surface area contributed by atoms with E-state index < -0.39 is 0 Å². The van der Waals surface area contributed by atoms with Gasteiger partial charge in [0.1, 0.15) is 17.3 Å². The zero-order chi connectivity index (χ0) is 20.1. The summed E-state index contributed by atoms with van der Waals surface area (Å²) in [4.78, 5) is 37.2. The number of nitrogens with zero attached hydrogens (tertiary/aromatic N) is 4. The number of hydrogen-bond acceptors (Lipinski definition) is 7. The number of esters is 1. The number of ether oxygens (including phenoxy) is 1. The normalized spacial score (nSPS) is 14.6. The number of rotatable bonds is 5. The van der Waals surface area contributed by atoms with Gasteiger partial charge in [0.2, 0.25) is 0 Å². The van der Waals surface area contributed by atoms with Crippen LogP contribution < -0.4 is 5.32 Å². The Kier molecular flexibility index (Phi) is 6.20. The summed E-state index contributed by atoms with van der Waals surface area (Å²) in [5.74, 6) is 0.616. The van der Waals surface area contributed by atoms with Gasteiger partial charge in [-0.05, 0) is 45.2 Å². The molecule has 0 atom stereocenters. The lowest BCUT2D eigenvalue weighted by molar-refractivity contribution is 0.0526. The number of hydrogen-bond donors (Lipinski definition) is 1. The van der Waals surface area contributed by atoms with E-state index in [4.69, 9.17) is 4.74 Å². The molecule has 0 aliphatic carbocycles. The van der Waals surface area contributed by atoms with Crippen molar-refractivity contribution >= 4 is 23.4 Å². The van der Waals surface area contributed by atoms with Crippen LogP contribution in [-0.2, 0) is 4.74 Å². The highest BCUT2D eigenvalue weighted by Gasteiger charge is 2.22. The molecule has 0 unspecified atom stereocenters. The summed E-state index contributed by atoms with van der Waals surface area (Å²) in [6, 6.07) is 8.57. The molecule has 148 valence electrons. The van der Waals surface area contributed by atoms with Gasteiger partial charge in [-0.25, -0.2) is 14.8 Å². The summed E-state index contributed by atoms with van der Waals surface area (Å²) >= 11 is 0. The van der Waals surface area contributed by atoms with Gasteiger partial charge in [0.05, 0.1) is 12.2 Å². The molecule has 1 saturated heterocycles. The molecule has 2 aromatic rings. The highest BCUT2D eigenvalue weighted by Crippen LogP contribution is 2.18. The van der Waals surface area contributed by atoms with Gasteiger partial charge >= 0.3 is 5.97 Å². The van der Waals surface area contributed by atoms with Crippen molar-refractivity contribution in [2.45, 2.75) is 13.8 Å². The Hall–Kier alpha value is -3.00. The first-order valence-corrected chi connectivity index (χ1v) is 9.34. The number of likely N-dealkylation sites (N-methyl/N-ethyl adjacent to an activating group) is 1. The van der Waals surface area contributed by atoms with Crippen LogP contribution in [0.2, 0.25) is 0 Å². The van der Waals surface area contributed by atoms with Gasteiger partial charge in [-0.15, -0.1) is 0 Å². The molecule has 1 aliphatic heterocycles. The van der Waals surface area contributed by atoms with E-state index in [1.165, 1.54) is 0 Å². The number of carbonyl (C=O) groups excluding carboxylic acids is 2. The molecule has 1 aromatic carbocycles. The van der Waals surface area contributed by atoms with Crippen molar-refractivity contribution in [2.75, 3.05) is 45.2 Å². The van der Waals surface area contributed by atoms with E-state index in [2.05, 4.69) is 20.2 Å². The lowest BCUT2D eigenvalue weighted by Crippen LogP contribution is -2.47. The van der Waals surface area contributed by atoms with Gasteiger partial charge in [-0.3, -0.25) is 4.79 Å². The van der Waals surface area contributed by atoms with Crippen LogP contribution in [0.15, 0.2) is 30.3 Å². The van der Waals surface area contributed by atoms with Crippen molar-refractivity contribution in [3.05, 3.63) is 47.4 Å². The fraction of sp³-hybridized carbons (Fsp3) is 0.400. The molecule has 1 fully saturated rings. The minimum absolute atomic E-state index is 0.0840. The minimum atomic E-state index is -0.355. The Morgan fingerprint density at radius 1 is 1.11 bits per heavy atom. The van der Waals surface area contributed by atoms with Gasteiger partial charge in [-0.2, -0.15) is 0 Å². The molecule has 1 N–H and O–H groups in total. The van der Waals surface area contributed by atoms with Gasteiger partial charge in [0.25, 0.3) is 5.91 Å². The molecular formula is C20H25N5O3. The zero-order valence-electron chi connectivity index (χ0n) is 16.4. The van der Waals surface area contributed by atoms with Gasteiger partial charge in [0, 0.05) is 37.9 Å². The quantitative estimate of drug-likeness (QED) is 0.791. The van der Waals surface area contributed by atoms with Crippen LogP contribution >= 0.6 is 0 Å². The van der Waals surface area contributed by atoms with Gasteiger partial charge < -0.3 is 19.9 Å². The summed E-state index contributed by atoms with van der Waals surface area (Å²) in [7, 11) is 2.05. The number of piperazine rings is 1. The molecular weight excluding hydrogens is 358 g/mol. The SMILES string of the molecule is CCOC(=O)c1ccc(Nc2cc(C(=O)N3CCN(C)CC3)nc(C)n2)cc1. The van der Waals surface area contributed by atoms with Gasteiger partial charge in [0.15, 0.2) is 0 Å². The zero-order valence-corrected chi connectivity index (χ0v) is 16.4. The van der Waals surface area contributed by atoms with Crippen molar-refractivity contribution in [3.63, 3.8) is 0 Å². The van der Waals surface area contributed by atoms with Gasteiger partial charge in [-0.1, -0.05) is 0 Å². The van der Waals surface area contributed by atoms with E-state index in [1.807, 2.05) is 11.9 Å². The summed E-state index contributed by atoms with van der Waals surface area (Å²) in [5.41, 5.74) is 1.61. The van der Waals surface area contributed by atoms with E-state index in [1.54, 1.807) is 44.2 Å². The third kappa shape index (κ3) is 4.83. The van der Waals surface area contributed by atoms with Crippen molar-refractivity contribution < 1.29 is 14.3 Å². The molecule has 0 bridgehead atoms. The Morgan fingerprint density at radius 2 is 1.79 bits per heavy atom. The Morgan fingerprint density at radius 3 is 2.43 bits per heavy atom. The van der Waals surface area contributed by atoms with Crippen LogP contribution in [0.1, 0.15) is 33.6 Å². The number of nitrogens with one attached hydrogen (secondary N) is 1. The lowest BCUT2D eigenvalue weighted by atomic mass is 10.2. The topological polar surface area (TPSA) is 87.7 Å². The maximum atomic E-state index is 12.8. The maximum Gasteiger partial charge on any atom is 0.338 e. The van der Waals surface area contributed by atoms with E-state index in [0.29, 0.717) is 42.6 Å². The molecule has 1 aliphatic rings. The number of carbonyl (C=O) groups is 2. The van der Waals surface area contributed by atoms with Crippen molar-refractivity contribution in [3.8, 4) is 0 Å². The first-order chi connectivity index (χ1) is 13.5. The Bertz CT molecular complexity index is 845. The molecule has 8 heteroatoms. The van der Waals surface area contributed by atoms with E-state index in [0.717, 1.165) is 18.8 Å². The van der Waals surface area contributed by atoms with Crippen LogP contribution in [0.3, 0.4) is 0 Å². The highest BCUT2D eigenvalue weighted by molar-refractivity contribution is 5.93. The first-order valence-electron chi connectivity index (χ1n) is 9.34. The van der Waals surface area contributed by atoms with Crippen LogP contribution in [-0.4, -0.2) is 71.5 Å². The van der Waals surface area contributed by atoms with Crippen molar-refractivity contribution in [1.29, 1.82) is 0 Å². The molecule has 1 aromatic heterocycles. The van der Waals surface area contributed by atoms with Crippen molar-refractivity contribution in [1.82, 2.24) is 19.8 Å². The number of aromatic nitrogens is 2. The Balaban J connectivity index is 1.72. The third-order valence-corrected chi connectivity index (χ3v) is 4.52. The molecule has 2 heterocycles. The first kappa shape index (κ1) is 19.8. The lowest BCUT2D eigenvalue weighted by Gasteiger charge is -2.32. The molecule has 28 heavy (non-hydrogen) atoms. The molecule has 0 spiro atoms. The summed E-state index contributed by atoms with van der Waals surface area (Å²) < 4.78 is 4.98. The second-order valence-electron chi connectivity index (χ2n) is 6.70. The highest BCUT2D eigenvalue weighted by atomic mass is 16.5. The molecule has 0 radical (unpaired) electrons. The smallest absolute Gasteiger partial charge is 0.338 e. The average Bonchev–Trinajstić information content (AvgIpc) is 2.68. The predicted octanol–water partition coefficient (Wildman–Crippen LogP) is 2.09. The number of aryl methyl sites for hydroxylation is 1. The van der Waals surface area contributed by atoms with Crippen LogP contribution in [0.4, 0.5) is 11.5 Å². The van der Waals surface area contributed by atoms with E-state index in [-0.39, 0.29) is 11.9 Å². The number of benzene rings is 1. The minimum Gasteiger partial charge on any atom is -0.462 e. The number of anilines is 2. The number of amides is 1. The Labute approximate surface area is 164 Å².